The topological polar surface area (TPSA) is 230 Å². The van der Waals surface area contributed by atoms with Crippen molar-refractivity contribution >= 4 is 69.6 Å². The molecule has 0 saturated heterocycles. The second-order valence-corrected chi connectivity index (χ2v) is 19.9. The van der Waals surface area contributed by atoms with Gasteiger partial charge in [-0.05, 0) is 66.7 Å². The van der Waals surface area contributed by atoms with Crippen molar-refractivity contribution in [3.63, 3.8) is 0 Å². The normalized spacial score (nSPS) is 11.3. The summed E-state index contributed by atoms with van der Waals surface area (Å²) < 4.78 is 71.9. The van der Waals surface area contributed by atoms with Crippen LogP contribution in [0.1, 0.15) is 40.0 Å². The lowest BCUT2D eigenvalue weighted by molar-refractivity contribution is -0.123. The summed E-state index contributed by atoms with van der Waals surface area (Å²) in [5, 5.41) is 0. The van der Waals surface area contributed by atoms with E-state index in [1.54, 1.807) is 24.5 Å². The van der Waals surface area contributed by atoms with Gasteiger partial charge >= 0.3 is 6.01 Å². The fraction of sp³-hybridized carbons (Fsp3) is 0.311. The van der Waals surface area contributed by atoms with Gasteiger partial charge in [0.1, 0.15) is 32.0 Å². The van der Waals surface area contributed by atoms with Gasteiger partial charge in [0.2, 0.25) is 15.9 Å². The molecule has 3 aromatic heterocycles. The zero-order chi connectivity index (χ0) is 48.2. The standard InChI is InChI=1S/C26H32N4O4S.C19H20Br2N6O4S/c1-20(2)30(16-10-11-17-34-19-24(31)29-35(3,32)33)23-18-27-25(21-12-6-4-7-13-21)26(28-23)22-14-8-5-9-15-22;1-2-7-26-32(28,29)27-17-16(13-3-5-14(20)6-4-13)18(25-12-24-17)30-8-9-31-19-22-10-15(21)11-23-19/h4-9,12-15,18,20H,10-11,16-17,19H2,1-3H3,(H,29,31);3-6,10-12,26H,2,7-9H2,1H3,(H,24,25,27). The van der Waals surface area contributed by atoms with Crippen molar-refractivity contribution in [3.8, 4) is 45.5 Å². The van der Waals surface area contributed by atoms with Crippen LogP contribution < -0.4 is 28.5 Å². The molecule has 0 bridgehead atoms. The van der Waals surface area contributed by atoms with E-state index in [0.29, 0.717) is 30.7 Å². The molecular formula is C45H52Br2N10O8S2. The predicted molar refractivity (Wildman–Crippen MR) is 265 cm³/mol. The molecule has 0 aliphatic rings. The first-order valence-corrected chi connectivity index (χ1v) is 26.0. The molecule has 0 unspecified atom stereocenters. The van der Waals surface area contributed by atoms with Crippen molar-refractivity contribution in [1.29, 1.82) is 0 Å². The molecule has 0 aliphatic heterocycles. The molecule has 18 nitrogen and oxygen atoms in total. The van der Waals surface area contributed by atoms with Gasteiger partial charge in [0, 0.05) is 53.7 Å². The summed E-state index contributed by atoms with van der Waals surface area (Å²) in [6.07, 6.45) is 9.32. The number of hydrogen-bond acceptors (Lipinski definition) is 15. The number of benzene rings is 3. The fourth-order valence-electron chi connectivity index (χ4n) is 6.13. The number of carbonyl (C=O) groups excluding carboxylic acids is 1. The summed E-state index contributed by atoms with van der Waals surface area (Å²) >= 11 is 6.65. The van der Waals surface area contributed by atoms with Crippen LogP contribution in [0, 0.1) is 0 Å². The molecule has 356 valence electrons. The number of nitrogens with one attached hydrogen (secondary N) is 3. The molecule has 3 N–H and O–H groups in total. The maximum Gasteiger partial charge on any atom is 0.316 e. The summed E-state index contributed by atoms with van der Waals surface area (Å²) in [5.74, 6) is 0.430. The largest absolute Gasteiger partial charge is 0.473 e. The van der Waals surface area contributed by atoms with Gasteiger partial charge in [-0.15, -0.1) is 0 Å². The first-order valence-electron chi connectivity index (χ1n) is 21.1. The summed E-state index contributed by atoms with van der Waals surface area (Å²) in [6.45, 7) is 7.49. The minimum absolute atomic E-state index is 0.0955. The molecule has 0 radical (unpaired) electrons. The Morgan fingerprint density at radius 3 is 2.00 bits per heavy atom. The minimum atomic E-state index is -3.82. The van der Waals surface area contributed by atoms with E-state index in [2.05, 4.69) is 80.0 Å². The van der Waals surface area contributed by atoms with Gasteiger partial charge in [0.25, 0.3) is 16.1 Å². The Morgan fingerprint density at radius 1 is 0.731 bits per heavy atom. The van der Waals surface area contributed by atoms with E-state index in [1.165, 1.54) is 6.33 Å². The highest BCUT2D eigenvalue weighted by atomic mass is 79.9. The smallest absolute Gasteiger partial charge is 0.316 e. The van der Waals surface area contributed by atoms with Crippen molar-refractivity contribution in [3.05, 3.63) is 119 Å². The lowest BCUT2D eigenvalue weighted by Gasteiger charge is -2.28. The number of amides is 1. The molecule has 1 amide bonds. The van der Waals surface area contributed by atoms with Gasteiger partial charge in [-0.3, -0.25) is 19.2 Å². The van der Waals surface area contributed by atoms with E-state index in [9.17, 15) is 21.6 Å². The Balaban J connectivity index is 0.000000252. The molecule has 0 aliphatic carbocycles. The number of unbranched alkanes of at least 4 members (excludes halogenated alkanes) is 1. The average Bonchev–Trinajstić information content (AvgIpc) is 3.30. The lowest BCUT2D eigenvalue weighted by atomic mass is 10.0. The van der Waals surface area contributed by atoms with E-state index in [0.717, 1.165) is 62.9 Å². The number of anilines is 2. The van der Waals surface area contributed by atoms with Crippen LogP contribution in [0.4, 0.5) is 11.6 Å². The van der Waals surface area contributed by atoms with Gasteiger partial charge in [-0.1, -0.05) is 95.7 Å². The Kier molecular flexibility index (Phi) is 20.3. The van der Waals surface area contributed by atoms with Crippen LogP contribution in [0.25, 0.3) is 33.6 Å². The Hall–Kier alpha value is -5.65. The quantitative estimate of drug-likeness (QED) is 0.0529. The molecule has 6 aromatic rings. The summed E-state index contributed by atoms with van der Waals surface area (Å²) in [5.41, 5.74) is 4.77. The Morgan fingerprint density at radius 2 is 1.37 bits per heavy atom. The Bertz CT molecular complexity index is 2710. The second-order valence-electron chi connectivity index (χ2n) is 14.8. The molecule has 0 atom stereocenters. The number of ether oxygens (including phenoxy) is 3. The van der Waals surface area contributed by atoms with Crippen LogP contribution in [-0.4, -0.2) is 104 Å². The zero-order valence-electron chi connectivity index (χ0n) is 37.3. The van der Waals surface area contributed by atoms with Gasteiger partial charge in [-0.25, -0.2) is 33.3 Å². The maximum atomic E-state index is 12.4. The number of aromatic nitrogens is 6. The SMILES string of the molecule is CC(C)N(CCCCOCC(=O)NS(C)(=O)=O)c1cnc(-c2ccccc2)c(-c2ccccc2)n1.CCCNS(=O)(=O)Nc1ncnc(OCCOc2ncc(Br)cn2)c1-c1ccc(Br)cc1. The average molecular weight is 1080 g/mol. The lowest BCUT2D eigenvalue weighted by Crippen LogP contribution is -2.33. The molecular weight excluding hydrogens is 1030 g/mol. The summed E-state index contributed by atoms with van der Waals surface area (Å²) in [4.78, 5) is 39.9. The Labute approximate surface area is 408 Å². The molecule has 6 rings (SSSR count). The zero-order valence-corrected chi connectivity index (χ0v) is 42.1. The second kappa shape index (κ2) is 26.0. The first kappa shape index (κ1) is 52.3. The molecule has 0 spiro atoms. The third kappa shape index (κ3) is 17.5. The van der Waals surface area contributed by atoms with Gasteiger partial charge in [-0.2, -0.15) is 13.1 Å². The van der Waals surface area contributed by atoms with E-state index < -0.39 is 26.1 Å². The van der Waals surface area contributed by atoms with Gasteiger partial charge < -0.3 is 19.1 Å². The highest BCUT2D eigenvalue weighted by Crippen LogP contribution is 2.35. The number of halogens is 2. The molecule has 0 fully saturated rings. The van der Waals surface area contributed by atoms with Crippen LogP contribution in [-0.2, 0) is 29.8 Å². The first-order chi connectivity index (χ1) is 32.1. The fourth-order valence-corrected chi connectivity index (χ4v) is 8.02. The van der Waals surface area contributed by atoms with Crippen LogP contribution in [0.15, 0.2) is 119 Å². The predicted octanol–water partition coefficient (Wildman–Crippen LogP) is 7.47. The van der Waals surface area contributed by atoms with Crippen molar-refractivity contribution in [2.75, 3.05) is 55.4 Å². The van der Waals surface area contributed by atoms with E-state index in [4.69, 9.17) is 24.2 Å². The molecule has 3 heterocycles. The summed E-state index contributed by atoms with van der Waals surface area (Å²) in [7, 11) is -7.38. The van der Waals surface area contributed by atoms with Crippen LogP contribution in [0.3, 0.4) is 0 Å². The number of sulfonamides is 1. The molecule has 67 heavy (non-hydrogen) atoms. The third-order valence-corrected chi connectivity index (χ3v) is 11.7. The minimum Gasteiger partial charge on any atom is -0.473 e. The monoisotopic (exact) mass is 1080 g/mol. The molecule has 22 heteroatoms. The number of rotatable bonds is 23. The van der Waals surface area contributed by atoms with E-state index in [-0.39, 0.29) is 43.6 Å². The molecule has 0 saturated carbocycles. The maximum absolute atomic E-state index is 12.4. The van der Waals surface area contributed by atoms with E-state index in [1.807, 2.05) is 90.6 Å². The number of carbonyl (C=O) groups is 1. The van der Waals surface area contributed by atoms with Crippen LogP contribution >= 0.6 is 31.9 Å². The number of hydrogen-bond donors (Lipinski definition) is 3. The highest BCUT2D eigenvalue weighted by molar-refractivity contribution is 9.10. The van der Waals surface area contributed by atoms with Crippen LogP contribution in [0.2, 0.25) is 0 Å². The van der Waals surface area contributed by atoms with Gasteiger partial charge in [0.15, 0.2) is 5.82 Å². The molecule has 3 aromatic carbocycles. The third-order valence-electron chi connectivity index (χ3n) is 9.11. The van der Waals surface area contributed by atoms with Crippen LogP contribution in [0.5, 0.6) is 11.9 Å². The van der Waals surface area contributed by atoms with Crippen molar-refractivity contribution in [2.24, 2.45) is 0 Å². The number of nitrogens with zero attached hydrogens (tertiary/aromatic N) is 7. The summed E-state index contributed by atoms with van der Waals surface area (Å²) in [6, 6.07) is 27.8. The van der Waals surface area contributed by atoms with Gasteiger partial charge in [0.05, 0.1) is 33.9 Å². The van der Waals surface area contributed by atoms with E-state index >= 15 is 0 Å². The van der Waals surface area contributed by atoms with Crippen molar-refractivity contribution in [2.45, 2.75) is 46.1 Å². The highest BCUT2D eigenvalue weighted by Gasteiger charge is 2.21. The van der Waals surface area contributed by atoms with Crippen molar-refractivity contribution < 1.29 is 35.8 Å². The van der Waals surface area contributed by atoms with Crippen molar-refractivity contribution in [1.82, 2.24) is 39.3 Å².